The van der Waals surface area contributed by atoms with Crippen LogP contribution >= 0.6 is 0 Å². The van der Waals surface area contributed by atoms with E-state index in [9.17, 15) is 29.1 Å². The summed E-state index contributed by atoms with van der Waals surface area (Å²) in [6.45, 7) is 15.4. The summed E-state index contributed by atoms with van der Waals surface area (Å²) in [7, 11) is -4.96. The summed E-state index contributed by atoms with van der Waals surface area (Å²) in [4.78, 5) is 65.3. The van der Waals surface area contributed by atoms with Crippen molar-refractivity contribution in [2.24, 2.45) is 0 Å². The number of methoxy groups -OCH3 is 1. The van der Waals surface area contributed by atoms with Crippen LogP contribution in [-0.2, 0) is 80.4 Å². The number of benzene rings is 3. The maximum Gasteiger partial charge on any atom is 1.00 e. The van der Waals surface area contributed by atoms with Gasteiger partial charge in [0.1, 0.15) is 23.9 Å². The molecule has 0 saturated heterocycles. The average Bonchev–Trinajstić information content (AvgIpc) is 4.12. The number of allylic oxidation sites excluding steroid dienone is 3. The van der Waals surface area contributed by atoms with Crippen molar-refractivity contribution < 1.29 is 162 Å². The second-order valence-corrected chi connectivity index (χ2v) is 20.7. The molecule has 0 fully saturated rings. The molecule has 0 spiro atoms. The zero-order chi connectivity index (χ0) is 54.5. The number of carbonyl (C=O) groups excluding carboxylic acids is 5. The molecule has 9 heterocycles. The van der Waals surface area contributed by atoms with Gasteiger partial charge in [-0.05, 0) is 40.7 Å². The Morgan fingerprint density at radius 2 is 0.962 bits per heavy atom. The number of esters is 4. The van der Waals surface area contributed by atoms with Gasteiger partial charge in [0.2, 0.25) is 0 Å². The molecule has 0 N–H and O–H groups in total. The van der Waals surface area contributed by atoms with E-state index in [4.69, 9.17) is 44.2 Å². The van der Waals surface area contributed by atoms with Crippen molar-refractivity contribution in [2.45, 2.75) is 95.4 Å². The second-order valence-electron chi connectivity index (χ2n) is 19.9. The van der Waals surface area contributed by atoms with E-state index in [1.54, 1.807) is 6.08 Å². The van der Waals surface area contributed by atoms with Gasteiger partial charge in [0.25, 0.3) is 0 Å². The van der Waals surface area contributed by atoms with Gasteiger partial charge >= 0.3 is 134 Å². The third-order valence-corrected chi connectivity index (χ3v) is 14.6. The summed E-state index contributed by atoms with van der Waals surface area (Å²) in [6, 6.07) is 26.6. The molecule has 3 aromatic carbocycles. The molecule has 0 bridgehead atoms. The number of carboxylic acid groups (broad SMARTS) is 1. The Labute approximate surface area is 520 Å². The zero-order valence-electron chi connectivity index (χ0n) is 44.7. The number of aliphatic carboxylic acids is 1. The van der Waals surface area contributed by atoms with E-state index in [0.29, 0.717) is 12.8 Å². The van der Waals surface area contributed by atoms with Gasteiger partial charge in [-0.3, -0.25) is 0 Å². The number of rotatable bonds is 2. The Bertz CT molecular complexity index is 3380. The van der Waals surface area contributed by atoms with Gasteiger partial charge in [0.05, 0.1) is 18.7 Å². The van der Waals surface area contributed by atoms with E-state index in [0.717, 1.165) is 65.4 Å². The van der Waals surface area contributed by atoms with Crippen LogP contribution in [0.5, 0.6) is 0 Å². The van der Waals surface area contributed by atoms with Crippen LogP contribution in [0.3, 0.4) is 0 Å². The van der Waals surface area contributed by atoms with Crippen molar-refractivity contribution in [3.05, 3.63) is 159 Å². The smallest absolute Gasteiger partial charge is 0.545 e. The van der Waals surface area contributed by atoms with Crippen molar-refractivity contribution in [1.82, 2.24) is 0 Å². The maximum atomic E-state index is 12.1. The molecular formula is C54H50N3Na3O16S2. The Kier molecular flexibility index (Phi) is 20.7. The minimum absolute atomic E-state index is 0. The molecule has 19 nitrogen and oxygen atoms in total. The van der Waals surface area contributed by atoms with Gasteiger partial charge in [0, 0.05) is 89.9 Å². The first-order valence-electron chi connectivity index (χ1n) is 23.7. The van der Waals surface area contributed by atoms with Gasteiger partial charge < -0.3 is 43.5 Å². The normalized spacial score (nSPS) is 21.8. The molecule has 3 aromatic rings. The van der Waals surface area contributed by atoms with Crippen LogP contribution in [0.1, 0.15) is 77.5 Å². The van der Waals surface area contributed by atoms with E-state index >= 15 is 0 Å². The molecule has 78 heavy (non-hydrogen) atoms. The Morgan fingerprint density at radius 1 is 0.577 bits per heavy atom. The van der Waals surface area contributed by atoms with Crippen LogP contribution in [0.2, 0.25) is 0 Å². The van der Waals surface area contributed by atoms with Gasteiger partial charge in [-0.25, -0.2) is 19.2 Å². The zero-order valence-corrected chi connectivity index (χ0v) is 52.4. The molecule has 0 aliphatic carbocycles. The number of carboxylic acids is 1. The number of para-hydroxylation sites is 1. The van der Waals surface area contributed by atoms with E-state index in [2.05, 4.69) is 92.6 Å². The molecule has 3 atom stereocenters. The molecule has 0 radical (unpaired) electrons. The van der Waals surface area contributed by atoms with Crippen LogP contribution in [0, 0.1) is 12.1 Å². The number of ether oxygens (including phenoxy) is 4. The molecule has 9 aliphatic heterocycles. The average molecular weight is 1130 g/mol. The fourth-order valence-corrected chi connectivity index (χ4v) is 11.6. The number of carbonyl (C=O) groups is 5. The molecule has 0 aromatic heterocycles. The quantitative estimate of drug-likeness (QED) is 0.0766. The van der Waals surface area contributed by atoms with Crippen LogP contribution in [0.15, 0.2) is 130 Å². The molecule has 0 saturated carbocycles. The SMILES string of the molecule is CC1(C)C2=C3C=C(C(=O)[O-])C(=O)OC3CCN2c2cc[c-]cc21.CC1(C)C2=C3C=CC(=O)OC3CCN2c2cc[c-]cc21.COC(=O)C1=CC2=C3N(CCC2OC1=O)c1ccccc1C3(C)C.O=S(=O)=O.O=S(=O)=O.[Na+].[Na+].[Na+]. The fourth-order valence-electron chi connectivity index (χ4n) is 11.6. The third-order valence-electron chi connectivity index (χ3n) is 14.6. The molecule has 9 aliphatic rings. The molecule has 3 unspecified atom stereocenters. The second kappa shape index (κ2) is 25.3. The Hall–Kier alpha value is -4.91. The predicted octanol–water partition coefficient (Wildman–Crippen LogP) is -4.96. The van der Waals surface area contributed by atoms with Crippen LogP contribution in [-0.4, -0.2) is 100 Å². The summed E-state index contributed by atoms with van der Waals surface area (Å²) in [5.74, 6) is -3.79. The number of anilines is 3. The summed E-state index contributed by atoms with van der Waals surface area (Å²) in [5.41, 5.74) is 12.4. The predicted molar refractivity (Wildman–Crippen MR) is 264 cm³/mol. The Balaban J connectivity index is 0.000000198. The largest absolute Gasteiger partial charge is 1.00 e. The van der Waals surface area contributed by atoms with Gasteiger partial charge in [-0.15, -0.1) is 48.5 Å². The summed E-state index contributed by atoms with van der Waals surface area (Å²) in [6.07, 6.45) is 7.99. The van der Waals surface area contributed by atoms with Crippen molar-refractivity contribution in [3.8, 4) is 0 Å². The van der Waals surface area contributed by atoms with Crippen molar-refractivity contribution >= 4 is 68.1 Å². The number of hydrogen-bond acceptors (Lipinski definition) is 19. The molecule has 392 valence electrons. The molecular weight excluding hydrogens is 1080 g/mol. The summed E-state index contributed by atoms with van der Waals surface area (Å²) < 4.78 is 71.7. The monoisotopic (exact) mass is 1130 g/mol. The van der Waals surface area contributed by atoms with Crippen LogP contribution in [0.4, 0.5) is 17.1 Å². The van der Waals surface area contributed by atoms with E-state index in [-0.39, 0.29) is 129 Å². The first-order valence-corrected chi connectivity index (χ1v) is 25.7. The van der Waals surface area contributed by atoms with Crippen LogP contribution in [0.25, 0.3) is 0 Å². The Morgan fingerprint density at radius 3 is 1.41 bits per heavy atom. The molecule has 12 rings (SSSR count). The first kappa shape index (κ1) is 63.9. The standard InChI is InChI=1S/C19H19NO4.C18H16NO4.C17H16NO2.3Na.2O3S/c1-19(2)13-6-4-5-7-14(13)20-9-8-15-11(16(19)20)10-12(17(21)23-3)18(22)24-15;1-18(2)12-5-3-4-6-13(12)19-8-7-14-10(15(18)19)9-11(16(20)21)17(22)23-14;1-17(2)12-5-3-4-6-13(12)18-10-9-14-11(16(17)18)7-8-15(19)20-14;;;;2*1-4(2)3/h4-7,10,15H,8-9H2,1-3H3;4-6,9,14H,7-8H2,1-2H3,(H,20,21);4-8,14H,9-10H2,1-2H3;;;;;/q;2*-1;3*+1;;/p-1. The van der Waals surface area contributed by atoms with Crippen molar-refractivity contribution in [1.29, 1.82) is 0 Å². The molecule has 24 heteroatoms. The number of fused-ring (bicyclic) bond motifs is 12. The van der Waals surface area contributed by atoms with Gasteiger partial charge in [-0.1, -0.05) is 71.1 Å². The maximum absolute atomic E-state index is 12.1. The van der Waals surface area contributed by atoms with Gasteiger partial charge in [-0.2, -0.15) is 36.4 Å². The van der Waals surface area contributed by atoms with Crippen LogP contribution < -0.4 is 108 Å². The third kappa shape index (κ3) is 12.1. The number of nitrogens with zero attached hydrogens (tertiary/aromatic N) is 3. The van der Waals surface area contributed by atoms with Crippen molar-refractivity contribution in [2.75, 3.05) is 41.4 Å². The number of hydrogen-bond donors (Lipinski definition) is 0. The summed E-state index contributed by atoms with van der Waals surface area (Å²) >= 11 is 0. The first-order chi connectivity index (χ1) is 35.4. The van der Waals surface area contributed by atoms with E-state index in [1.165, 1.54) is 47.5 Å². The van der Waals surface area contributed by atoms with Gasteiger partial charge in [0.15, 0.2) is 0 Å². The topological polar surface area (TPSA) is 257 Å². The minimum atomic E-state index is -3.11. The molecule has 0 amide bonds. The van der Waals surface area contributed by atoms with Crippen molar-refractivity contribution in [3.63, 3.8) is 0 Å². The van der Waals surface area contributed by atoms with E-state index in [1.807, 2.05) is 42.5 Å². The fraction of sp³-hybridized carbons (Fsp3) is 0.352. The van der Waals surface area contributed by atoms with E-state index < -0.39 is 56.8 Å². The minimum Gasteiger partial charge on any atom is -0.545 e. The summed E-state index contributed by atoms with van der Waals surface area (Å²) in [5, 5.41) is 11.2.